The van der Waals surface area contributed by atoms with E-state index in [4.69, 9.17) is 14.2 Å². The van der Waals surface area contributed by atoms with Crippen molar-refractivity contribution in [3.05, 3.63) is 123 Å². The van der Waals surface area contributed by atoms with Crippen molar-refractivity contribution in [1.29, 1.82) is 0 Å². The van der Waals surface area contributed by atoms with Crippen LogP contribution in [0.4, 0.5) is 0 Å². The Labute approximate surface area is 338 Å². The maximum atomic E-state index is 13.7. The third kappa shape index (κ3) is 10.5. The molecule has 1 aliphatic rings. The highest BCUT2D eigenvalue weighted by Gasteiger charge is 2.47. The van der Waals surface area contributed by atoms with E-state index in [1.54, 1.807) is 0 Å². The Morgan fingerprint density at radius 2 is 1.29 bits per heavy atom. The van der Waals surface area contributed by atoms with Crippen LogP contribution in [0.2, 0.25) is 0 Å². The highest BCUT2D eigenvalue weighted by molar-refractivity contribution is 5.94. The smallest absolute Gasteiger partial charge is 0.341 e. The number of carbonyl (C=O) groups is 1. The maximum Gasteiger partial charge on any atom is 0.341 e. The molecule has 0 spiro atoms. The van der Waals surface area contributed by atoms with Gasteiger partial charge in [-0.2, -0.15) is 0 Å². The number of ether oxygens (including phenoxy) is 3. The van der Waals surface area contributed by atoms with E-state index in [0.717, 1.165) is 83.4 Å². The monoisotopic (exact) mass is 761 g/mol. The lowest BCUT2D eigenvalue weighted by molar-refractivity contribution is 0.0521. The van der Waals surface area contributed by atoms with Crippen molar-refractivity contribution in [1.82, 2.24) is 9.80 Å². The van der Waals surface area contributed by atoms with Gasteiger partial charge in [-0.15, -0.1) is 0 Å². The molecule has 0 atom stereocenters. The first kappa shape index (κ1) is 43.2. The number of aryl methyl sites for hydroxylation is 4. The summed E-state index contributed by atoms with van der Waals surface area (Å²) in [6.07, 6.45) is 9.80. The lowest BCUT2D eigenvalue weighted by atomic mass is 9.66. The normalized spacial score (nSPS) is 13.0. The molecule has 0 heterocycles. The Balaban J connectivity index is 1.46. The zero-order valence-electron chi connectivity index (χ0n) is 35.8. The molecule has 0 N–H and O–H groups in total. The number of hydrogen-bond donors (Lipinski definition) is 0. The van der Waals surface area contributed by atoms with Gasteiger partial charge in [0.15, 0.2) is 0 Å². The number of benzene rings is 4. The van der Waals surface area contributed by atoms with E-state index in [1.807, 2.05) is 13.0 Å². The summed E-state index contributed by atoms with van der Waals surface area (Å²) in [6, 6.07) is 27.0. The van der Waals surface area contributed by atoms with Crippen LogP contribution in [0.5, 0.6) is 5.75 Å². The average molecular weight is 761 g/mol. The van der Waals surface area contributed by atoms with Crippen molar-refractivity contribution < 1.29 is 19.0 Å². The predicted octanol–water partition coefficient (Wildman–Crippen LogP) is 10.7. The Hall–Kier alpha value is -3.97. The Kier molecular flexibility index (Phi) is 16.2. The summed E-state index contributed by atoms with van der Waals surface area (Å²) < 4.78 is 18.0. The van der Waals surface area contributed by atoms with Gasteiger partial charge in [0.1, 0.15) is 11.3 Å². The van der Waals surface area contributed by atoms with E-state index < -0.39 is 5.41 Å². The van der Waals surface area contributed by atoms with Crippen LogP contribution in [0.1, 0.15) is 120 Å². The molecule has 0 unspecified atom stereocenters. The molecule has 0 amide bonds. The topological polar surface area (TPSA) is 51.2 Å². The third-order valence-corrected chi connectivity index (χ3v) is 11.3. The quantitative estimate of drug-likeness (QED) is 0.0488. The second-order valence-corrected chi connectivity index (χ2v) is 16.2. The van der Waals surface area contributed by atoms with Gasteiger partial charge in [-0.3, -0.25) is 0 Å². The second-order valence-electron chi connectivity index (χ2n) is 16.2. The zero-order valence-corrected chi connectivity index (χ0v) is 35.8. The van der Waals surface area contributed by atoms with E-state index in [9.17, 15) is 4.79 Å². The number of unbranched alkanes of at least 4 members (excludes halogenated alkanes) is 4. The summed E-state index contributed by atoms with van der Waals surface area (Å²) in [4.78, 5) is 18.3. The van der Waals surface area contributed by atoms with Gasteiger partial charge >= 0.3 is 5.97 Å². The summed E-state index contributed by atoms with van der Waals surface area (Å²) in [5, 5.41) is 0. The summed E-state index contributed by atoms with van der Waals surface area (Å²) in [5.41, 5.74) is 12.1. The first-order valence-electron chi connectivity index (χ1n) is 21.3. The van der Waals surface area contributed by atoms with E-state index in [2.05, 4.69) is 125 Å². The number of fused-ring (bicyclic) bond motifs is 3. The van der Waals surface area contributed by atoms with Crippen LogP contribution in [0.25, 0.3) is 11.1 Å². The molecule has 5 rings (SSSR count). The molecule has 0 saturated carbocycles. The summed E-state index contributed by atoms with van der Waals surface area (Å²) in [7, 11) is 6.42. The third-order valence-electron chi connectivity index (χ3n) is 11.3. The van der Waals surface area contributed by atoms with Crippen LogP contribution in [-0.2, 0) is 21.3 Å². The molecule has 0 bridgehead atoms. The number of rotatable bonds is 23. The van der Waals surface area contributed by atoms with Crippen molar-refractivity contribution in [3.63, 3.8) is 0 Å². The van der Waals surface area contributed by atoms with Gasteiger partial charge in [0, 0.05) is 19.8 Å². The van der Waals surface area contributed by atoms with Crippen LogP contribution < -0.4 is 4.74 Å². The number of nitrogens with zero attached hydrogens (tertiary/aromatic N) is 2. The molecule has 1 aliphatic carbocycles. The molecule has 0 saturated heterocycles. The average Bonchev–Trinajstić information content (AvgIpc) is 3.45. The van der Waals surface area contributed by atoms with Crippen molar-refractivity contribution in [3.8, 4) is 16.9 Å². The van der Waals surface area contributed by atoms with E-state index in [-0.39, 0.29) is 5.97 Å². The molecule has 6 nitrogen and oxygen atoms in total. The zero-order chi connectivity index (χ0) is 40.1. The molecular formula is C50H68N2O4. The van der Waals surface area contributed by atoms with Gasteiger partial charge in [0.05, 0.1) is 18.6 Å². The Morgan fingerprint density at radius 3 is 1.95 bits per heavy atom. The molecule has 0 aliphatic heterocycles. The van der Waals surface area contributed by atoms with Gasteiger partial charge in [0.25, 0.3) is 0 Å². The second kappa shape index (κ2) is 21.0. The molecule has 0 fully saturated rings. The minimum Gasteiger partial charge on any atom is -0.493 e. The SMILES string of the molecule is CCCN(C)CCCOCCCCc1ccc(C2(c3ccc(OCCCCCCN(C)C)c(C(=O)OCC)c3)c3cc(C)ccc3-c3ccc(C)cc32)cc1C. The fourth-order valence-corrected chi connectivity index (χ4v) is 8.42. The Morgan fingerprint density at radius 1 is 0.643 bits per heavy atom. The fraction of sp³-hybridized carbons (Fsp3) is 0.500. The molecule has 0 radical (unpaired) electrons. The van der Waals surface area contributed by atoms with Gasteiger partial charge < -0.3 is 24.0 Å². The lowest BCUT2D eigenvalue weighted by Crippen LogP contribution is -2.29. The summed E-state index contributed by atoms with van der Waals surface area (Å²) in [5.74, 6) is 0.235. The van der Waals surface area contributed by atoms with Crippen LogP contribution in [0, 0.1) is 20.8 Å². The molecule has 4 aromatic rings. The molecule has 4 aromatic carbocycles. The van der Waals surface area contributed by atoms with Crippen molar-refractivity contribution in [2.45, 2.75) is 97.8 Å². The van der Waals surface area contributed by atoms with Crippen molar-refractivity contribution >= 4 is 5.97 Å². The summed E-state index contributed by atoms with van der Waals surface area (Å²) >= 11 is 0. The highest BCUT2D eigenvalue weighted by atomic mass is 16.5. The van der Waals surface area contributed by atoms with Gasteiger partial charge in [-0.25, -0.2) is 4.79 Å². The molecule has 6 heteroatoms. The van der Waals surface area contributed by atoms with Crippen LogP contribution in [0.3, 0.4) is 0 Å². The van der Waals surface area contributed by atoms with Crippen molar-refractivity contribution in [2.24, 2.45) is 0 Å². The predicted molar refractivity (Wildman–Crippen MR) is 233 cm³/mol. The first-order valence-corrected chi connectivity index (χ1v) is 21.3. The largest absolute Gasteiger partial charge is 0.493 e. The number of hydrogen-bond acceptors (Lipinski definition) is 6. The maximum absolute atomic E-state index is 13.7. The lowest BCUT2D eigenvalue weighted by Gasteiger charge is -2.35. The first-order chi connectivity index (χ1) is 27.1. The minimum atomic E-state index is -0.642. The molecule has 0 aromatic heterocycles. The number of esters is 1. The van der Waals surface area contributed by atoms with Crippen LogP contribution in [-0.4, -0.2) is 83.0 Å². The highest BCUT2D eigenvalue weighted by Crippen LogP contribution is 2.57. The van der Waals surface area contributed by atoms with E-state index in [0.29, 0.717) is 24.5 Å². The van der Waals surface area contributed by atoms with E-state index >= 15 is 0 Å². The Bertz CT molecular complexity index is 1830. The molecule has 302 valence electrons. The minimum absolute atomic E-state index is 0.299. The van der Waals surface area contributed by atoms with Gasteiger partial charge in [0.2, 0.25) is 0 Å². The van der Waals surface area contributed by atoms with Crippen LogP contribution in [0.15, 0.2) is 72.8 Å². The summed E-state index contributed by atoms with van der Waals surface area (Å²) in [6.45, 7) is 16.5. The standard InChI is InChI=1S/C50H68N2O4/c1-9-27-52(8)29-17-31-54-30-16-13-18-40-21-22-41(35-39(40)5)50(46-33-37(3)19-24-43(46)44-25-20-38(4)34-47(44)50)42-23-26-48(45(36-42)49(53)55-10-2)56-32-15-12-11-14-28-51(6)7/h19-26,33-36H,9-18,27-32H2,1-8H3. The fourth-order valence-electron chi connectivity index (χ4n) is 8.42. The molecule has 56 heavy (non-hydrogen) atoms. The van der Waals surface area contributed by atoms with E-state index in [1.165, 1.54) is 62.9 Å². The van der Waals surface area contributed by atoms with Crippen LogP contribution >= 0.6 is 0 Å². The molecular weight excluding hydrogens is 693 g/mol. The number of carbonyl (C=O) groups excluding carboxylic acids is 1. The van der Waals surface area contributed by atoms with Gasteiger partial charge in [-0.1, -0.05) is 91.6 Å². The van der Waals surface area contributed by atoms with Crippen molar-refractivity contribution in [2.75, 3.05) is 67.2 Å². The van der Waals surface area contributed by atoms with Gasteiger partial charge in [-0.05, 0) is 164 Å².